The number of hydrogen-bond acceptors (Lipinski definition) is 4. The highest BCUT2D eigenvalue weighted by Crippen LogP contribution is 2.20. The summed E-state index contributed by atoms with van der Waals surface area (Å²) in [7, 11) is 1.67. The van der Waals surface area contributed by atoms with Crippen molar-refractivity contribution in [1.82, 2.24) is 5.32 Å². The van der Waals surface area contributed by atoms with E-state index < -0.39 is 6.10 Å². The second-order valence-electron chi connectivity index (χ2n) is 6.68. The molecule has 5 heteroatoms. The third-order valence-electron chi connectivity index (χ3n) is 3.89. The number of para-hydroxylation sites is 1. The molecule has 0 heterocycles. The van der Waals surface area contributed by atoms with Gasteiger partial charge in [-0.15, -0.1) is 0 Å². The average molecular weight is 455 g/mol. The predicted molar refractivity (Wildman–Crippen MR) is 109 cm³/mol. The molecule has 0 spiro atoms. The van der Waals surface area contributed by atoms with Crippen LogP contribution in [0.4, 0.5) is 0 Å². The number of rotatable bonds is 9. The highest BCUT2D eigenvalue weighted by Gasteiger charge is 2.19. The third-order valence-corrected chi connectivity index (χ3v) is 4.78. The number of aliphatic hydroxyl groups excluding tert-OH is 1. The number of ether oxygens (including phenoxy) is 2. The zero-order valence-corrected chi connectivity index (χ0v) is 17.1. The molecule has 0 aliphatic heterocycles. The van der Waals surface area contributed by atoms with Crippen LogP contribution in [0.5, 0.6) is 11.5 Å². The van der Waals surface area contributed by atoms with E-state index in [9.17, 15) is 5.11 Å². The van der Waals surface area contributed by atoms with E-state index in [-0.39, 0.29) is 12.1 Å². The van der Waals surface area contributed by atoms with Crippen LogP contribution >= 0.6 is 22.6 Å². The second-order valence-corrected chi connectivity index (χ2v) is 7.85. The maximum absolute atomic E-state index is 10.2. The van der Waals surface area contributed by atoms with Gasteiger partial charge in [0, 0.05) is 12.1 Å². The molecular weight excluding hydrogens is 429 g/mol. The van der Waals surface area contributed by atoms with Gasteiger partial charge in [-0.05, 0) is 72.7 Å². The van der Waals surface area contributed by atoms with E-state index in [1.54, 1.807) is 7.11 Å². The van der Waals surface area contributed by atoms with Crippen LogP contribution in [-0.2, 0) is 6.42 Å². The largest absolute Gasteiger partial charge is 0.497 e. The molecule has 0 saturated heterocycles. The lowest BCUT2D eigenvalue weighted by Gasteiger charge is -2.28. The van der Waals surface area contributed by atoms with E-state index >= 15 is 0 Å². The molecule has 2 aromatic carbocycles. The minimum absolute atomic E-state index is 0.128. The van der Waals surface area contributed by atoms with Gasteiger partial charge in [-0.25, -0.2) is 0 Å². The Bertz CT molecular complexity index is 658. The lowest BCUT2D eigenvalue weighted by Crippen LogP contribution is -2.46. The van der Waals surface area contributed by atoms with Gasteiger partial charge in [0.05, 0.1) is 10.7 Å². The van der Waals surface area contributed by atoms with Gasteiger partial charge in [0.2, 0.25) is 0 Å². The maximum Gasteiger partial charge on any atom is 0.132 e. The molecule has 0 aliphatic rings. The van der Waals surface area contributed by atoms with E-state index in [1.807, 2.05) is 36.4 Å². The molecule has 2 N–H and O–H groups in total. The standard InChI is InChI=1S/C20H26INO3/c1-20(2,12-15-8-10-17(24-3)11-9-15)22-13-16(23)14-25-19-7-5-4-6-18(19)21/h4-11,16,22-23H,12-14H2,1-3H3/t16-/m0/s1. The first-order valence-corrected chi connectivity index (χ1v) is 9.41. The van der Waals surface area contributed by atoms with Crippen LogP contribution in [0.3, 0.4) is 0 Å². The van der Waals surface area contributed by atoms with Crippen molar-refractivity contribution in [3.63, 3.8) is 0 Å². The van der Waals surface area contributed by atoms with Crippen LogP contribution in [0.1, 0.15) is 19.4 Å². The average Bonchev–Trinajstić information content (AvgIpc) is 2.60. The van der Waals surface area contributed by atoms with E-state index in [2.05, 4.69) is 53.9 Å². The van der Waals surface area contributed by atoms with Crippen molar-refractivity contribution in [2.24, 2.45) is 0 Å². The molecule has 0 saturated carbocycles. The summed E-state index contributed by atoms with van der Waals surface area (Å²) >= 11 is 2.23. The number of nitrogens with one attached hydrogen (secondary N) is 1. The summed E-state index contributed by atoms with van der Waals surface area (Å²) in [6.45, 7) is 5.01. The first-order chi connectivity index (χ1) is 11.9. The van der Waals surface area contributed by atoms with Crippen LogP contribution < -0.4 is 14.8 Å². The molecule has 0 radical (unpaired) electrons. The Kier molecular flexibility index (Phi) is 7.53. The zero-order chi connectivity index (χ0) is 18.3. The SMILES string of the molecule is COc1ccc(CC(C)(C)NC[C@H](O)COc2ccccc2I)cc1. The van der Waals surface area contributed by atoms with Crippen molar-refractivity contribution in [1.29, 1.82) is 0 Å². The van der Waals surface area contributed by atoms with Gasteiger partial charge in [-0.1, -0.05) is 24.3 Å². The number of hydrogen-bond donors (Lipinski definition) is 2. The molecule has 0 amide bonds. The van der Waals surface area contributed by atoms with Crippen molar-refractivity contribution in [3.05, 3.63) is 57.7 Å². The van der Waals surface area contributed by atoms with E-state index in [0.717, 1.165) is 21.5 Å². The van der Waals surface area contributed by atoms with Crippen molar-refractivity contribution in [2.75, 3.05) is 20.3 Å². The summed E-state index contributed by atoms with van der Waals surface area (Å²) in [5.41, 5.74) is 1.10. The van der Waals surface area contributed by atoms with Gasteiger partial charge in [0.15, 0.2) is 0 Å². The van der Waals surface area contributed by atoms with Gasteiger partial charge in [0.25, 0.3) is 0 Å². The topological polar surface area (TPSA) is 50.7 Å². The Balaban J connectivity index is 1.78. The molecule has 2 rings (SSSR count). The Morgan fingerprint density at radius 1 is 1.12 bits per heavy atom. The minimum atomic E-state index is -0.564. The lowest BCUT2D eigenvalue weighted by molar-refractivity contribution is 0.0984. The van der Waals surface area contributed by atoms with Crippen molar-refractivity contribution in [3.8, 4) is 11.5 Å². The normalized spacial score (nSPS) is 12.7. The lowest BCUT2D eigenvalue weighted by atomic mass is 9.94. The maximum atomic E-state index is 10.2. The summed E-state index contributed by atoms with van der Waals surface area (Å²) in [6.07, 6.45) is 0.299. The van der Waals surface area contributed by atoms with E-state index in [4.69, 9.17) is 9.47 Å². The fraction of sp³-hybridized carbons (Fsp3) is 0.400. The Morgan fingerprint density at radius 2 is 1.80 bits per heavy atom. The van der Waals surface area contributed by atoms with Gasteiger partial charge >= 0.3 is 0 Å². The Labute approximate surface area is 163 Å². The molecule has 136 valence electrons. The second kappa shape index (κ2) is 9.40. The fourth-order valence-corrected chi connectivity index (χ4v) is 3.06. The van der Waals surface area contributed by atoms with Crippen molar-refractivity contribution in [2.45, 2.75) is 31.9 Å². The molecule has 0 unspecified atom stereocenters. The number of benzene rings is 2. The van der Waals surface area contributed by atoms with Crippen LogP contribution in [0, 0.1) is 3.57 Å². The Hall–Kier alpha value is -1.31. The summed E-state index contributed by atoms with van der Waals surface area (Å²) in [5.74, 6) is 1.66. The zero-order valence-electron chi connectivity index (χ0n) is 15.0. The van der Waals surface area contributed by atoms with Crippen LogP contribution in [-0.4, -0.2) is 37.0 Å². The molecule has 2 aromatic rings. The summed E-state index contributed by atoms with van der Waals surface area (Å²) in [5, 5.41) is 13.6. The van der Waals surface area contributed by atoms with Crippen LogP contribution in [0.15, 0.2) is 48.5 Å². The molecule has 25 heavy (non-hydrogen) atoms. The number of aliphatic hydroxyl groups is 1. The number of β-amino-alcohol motifs (C(OH)–C–C–N with tert-alkyl or cyclic N) is 1. The third kappa shape index (κ3) is 6.84. The van der Waals surface area contributed by atoms with Gasteiger partial charge < -0.3 is 19.9 Å². The molecule has 4 nitrogen and oxygen atoms in total. The highest BCUT2D eigenvalue weighted by atomic mass is 127. The summed E-state index contributed by atoms with van der Waals surface area (Å²) in [6, 6.07) is 15.9. The Morgan fingerprint density at radius 3 is 2.44 bits per heavy atom. The molecular formula is C20H26INO3. The van der Waals surface area contributed by atoms with Gasteiger partial charge in [-0.3, -0.25) is 0 Å². The first kappa shape index (κ1) is 20.0. The van der Waals surface area contributed by atoms with Crippen molar-refractivity contribution < 1.29 is 14.6 Å². The molecule has 0 aliphatic carbocycles. The van der Waals surface area contributed by atoms with E-state index in [0.29, 0.717) is 6.54 Å². The number of methoxy groups -OCH3 is 1. The molecule has 0 aromatic heterocycles. The molecule has 0 bridgehead atoms. The fourth-order valence-electron chi connectivity index (χ4n) is 2.52. The van der Waals surface area contributed by atoms with Gasteiger partial charge in [-0.2, -0.15) is 0 Å². The predicted octanol–water partition coefficient (Wildman–Crippen LogP) is 3.65. The molecule has 1 atom stereocenters. The smallest absolute Gasteiger partial charge is 0.132 e. The summed E-state index contributed by atoms with van der Waals surface area (Å²) in [4.78, 5) is 0. The monoisotopic (exact) mass is 455 g/mol. The van der Waals surface area contributed by atoms with Gasteiger partial charge in [0.1, 0.15) is 24.2 Å². The first-order valence-electron chi connectivity index (χ1n) is 8.33. The highest BCUT2D eigenvalue weighted by molar-refractivity contribution is 14.1. The molecule has 0 fully saturated rings. The summed E-state index contributed by atoms with van der Waals surface area (Å²) < 4.78 is 11.9. The minimum Gasteiger partial charge on any atom is -0.497 e. The van der Waals surface area contributed by atoms with E-state index in [1.165, 1.54) is 5.56 Å². The van der Waals surface area contributed by atoms with Crippen LogP contribution in [0.2, 0.25) is 0 Å². The van der Waals surface area contributed by atoms with Crippen LogP contribution in [0.25, 0.3) is 0 Å². The van der Waals surface area contributed by atoms with Crippen molar-refractivity contribution >= 4 is 22.6 Å². The quantitative estimate of drug-likeness (QED) is 0.567. The number of halogens is 1.